The average molecular weight is 294 g/mol. The Balaban J connectivity index is 2.02. The first-order valence-corrected chi connectivity index (χ1v) is 8.34. The Morgan fingerprint density at radius 2 is 1.10 bits per heavy atom. The molecule has 0 bridgehead atoms. The first-order valence-electron chi connectivity index (χ1n) is 8.34. The van der Waals surface area contributed by atoms with Gasteiger partial charge in [-0.05, 0) is 48.3 Å². The van der Waals surface area contributed by atoms with Gasteiger partial charge in [0.2, 0.25) is 0 Å². The molecular weight excluding hydrogens is 264 g/mol. The monoisotopic (exact) mass is 294 g/mol. The van der Waals surface area contributed by atoms with Crippen LogP contribution in [-0.4, -0.2) is 11.9 Å². The lowest BCUT2D eigenvalue weighted by atomic mass is 9.75. The zero-order chi connectivity index (χ0) is 16.0. The van der Waals surface area contributed by atoms with Crippen LogP contribution in [-0.2, 0) is 14.3 Å². The molecule has 0 saturated heterocycles. The predicted molar refractivity (Wildman–Crippen MR) is 82.4 cm³/mol. The Hall–Kier alpha value is -0.860. The predicted octanol–water partition coefficient (Wildman–Crippen LogP) is 4.20. The molecule has 4 atom stereocenters. The smallest absolute Gasteiger partial charge is 0.317 e. The minimum absolute atomic E-state index is 0.0736. The van der Waals surface area contributed by atoms with Crippen LogP contribution < -0.4 is 0 Å². The molecule has 120 valence electrons. The van der Waals surface area contributed by atoms with Gasteiger partial charge in [0, 0.05) is 0 Å². The summed E-state index contributed by atoms with van der Waals surface area (Å²) in [6, 6.07) is 0. The maximum atomic E-state index is 12.4. The highest BCUT2D eigenvalue weighted by Crippen LogP contribution is 2.49. The summed E-state index contributed by atoms with van der Waals surface area (Å²) in [4.78, 5) is 24.8. The fourth-order valence-corrected chi connectivity index (χ4v) is 4.09. The van der Waals surface area contributed by atoms with Gasteiger partial charge in [-0.15, -0.1) is 0 Å². The number of hydrogen-bond acceptors (Lipinski definition) is 3. The van der Waals surface area contributed by atoms with E-state index in [1.165, 1.54) is 0 Å². The van der Waals surface area contributed by atoms with E-state index in [0.717, 1.165) is 25.7 Å². The van der Waals surface area contributed by atoms with E-state index in [1.54, 1.807) is 0 Å². The topological polar surface area (TPSA) is 43.4 Å². The number of rotatable bonds is 2. The van der Waals surface area contributed by atoms with Crippen molar-refractivity contribution in [3.63, 3.8) is 0 Å². The summed E-state index contributed by atoms with van der Waals surface area (Å²) in [7, 11) is 0. The molecule has 2 aliphatic rings. The summed E-state index contributed by atoms with van der Waals surface area (Å²) in [5.74, 6) is 0.104. The fraction of sp³-hybridized carbons (Fsp3) is 0.889. The first-order chi connectivity index (χ1) is 9.58. The number of ether oxygens (including phenoxy) is 1. The van der Waals surface area contributed by atoms with Gasteiger partial charge in [-0.25, -0.2) is 0 Å². The molecule has 0 spiro atoms. The van der Waals surface area contributed by atoms with Crippen LogP contribution in [0.15, 0.2) is 0 Å². The van der Waals surface area contributed by atoms with E-state index >= 15 is 0 Å². The lowest BCUT2D eigenvalue weighted by Gasteiger charge is -2.31. The Bertz CT molecular complexity index is 396. The average Bonchev–Trinajstić information content (AvgIpc) is 2.77. The van der Waals surface area contributed by atoms with Crippen LogP contribution in [0.4, 0.5) is 0 Å². The number of esters is 2. The van der Waals surface area contributed by atoms with Gasteiger partial charge in [-0.2, -0.15) is 0 Å². The molecule has 2 rings (SSSR count). The van der Waals surface area contributed by atoms with Gasteiger partial charge in [-0.1, -0.05) is 41.5 Å². The fourth-order valence-electron chi connectivity index (χ4n) is 4.09. The number of carbonyl (C=O) groups excluding carboxylic acids is 2. The van der Waals surface area contributed by atoms with Crippen molar-refractivity contribution in [3.05, 3.63) is 0 Å². The van der Waals surface area contributed by atoms with Crippen molar-refractivity contribution in [3.8, 4) is 0 Å². The molecule has 0 N–H and O–H groups in total. The summed E-state index contributed by atoms with van der Waals surface area (Å²) >= 11 is 0. The van der Waals surface area contributed by atoms with Crippen molar-refractivity contribution in [2.45, 2.75) is 67.2 Å². The van der Waals surface area contributed by atoms with Gasteiger partial charge in [0.1, 0.15) is 0 Å². The molecule has 2 fully saturated rings. The van der Waals surface area contributed by atoms with Crippen LogP contribution in [0.1, 0.15) is 67.2 Å². The SMILES string of the molecule is CC1CCC(C(=O)OC(=O)C2CCC(C)C2(C)C)C1(C)C. The molecule has 0 aromatic carbocycles. The van der Waals surface area contributed by atoms with Gasteiger partial charge in [0.15, 0.2) is 0 Å². The van der Waals surface area contributed by atoms with E-state index in [0.29, 0.717) is 11.8 Å². The molecule has 0 aromatic heterocycles. The first kappa shape index (κ1) is 16.5. The normalized spacial score (nSPS) is 37.4. The lowest BCUT2D eigenvalue weighted by molar-refractivity contribution is -0.169. The van der Waals surface area contributed by atoms with E-state index in [4.69, 9.17) is 4.74 Å². The Kier molecular flexibility index (Phi) is 4.25. The van der Waals surface area contributed by atoms with Crippen molar-refractivity contribution in [1.82, 2.24) is 0 Å². The third-order valence-corrected chi connectivity index (χ3v) is 6.88. The molecule has 3 nitrogen and oxygen atoms in total. The van der Waals surface area contributed by atoms with Crippen LogP contribution in [0.3, 0.4) is 0 Å². The highest BCUT2D eigenvalue weighted by Gasteiger charge is 2.49. The van der Waals surface area contributed by atoms with Gasteiger partial charge in [0.25, 0.3) is 0 Å². The van der Waals surface area contributed by atoms with Crippen LogP contribution >= 0.6 is 0 Å². The van der Waals surface area contributed by atoms with Gasteiger partial charge in [0.05, 0.1) is 11.8 Å². The third kappa shape index (κ3) is 2.76. The second-order valence-corrected chi connectivity index (χ2v) is 8.44. The lowest BCUT2D eigenvalue weighted by Crippen LogP contribution is -2.36. The van der Waals surface area contributed by atoms with Crippen molar-refractivity contribution in [2.75, 3.05) is 0 Å². The van der Waals surface area contributed by atoms with E-state index in [9.17, 15) is 9.59 Å². The second kappa shape index (κ2) is 5.40. The molecule has 2 aliphatic carbocycles. The third-order valence-electron chi connectivity index (χ3n) is 6.88. The van der Waals surface area contributed by atoms with E-state index in [1.807, 2.05) is 0 Å². The largest absolute Gasteiger partial charge is 0.393 e. The standard InChI is InChI=1S/C18H30O3/c1-11-7-9-13(17(11,3)4)15(19)21-16(20)14-10-8-12(2)18(14,5)6/h11-14H,7-10H2,1-6H3. The molecule has 0 heterocycles. The molecule has 0 radical (unpaired) electrons. The molecule has 0 aromatic rings. The van der Waals surface area contributed by atoms with Gasteiger partial charge >= 0.3 is 11.9 Å². The summed E-state index contributed by atoms with van der Waals surface area (Å²) in [6.07, 6.45) is 3.75. The van der Waals surface area contributed by atoms with E-state index in [-0.39, 0.29) is 34.6 Å². The van der Waals surface area contributed by atoms with Crippen molar-refractivity contribution in [1.29, 1.82) is 0 Å². The van der Waals surface area contributed by atoms with Crippen molar-refractivity contribution in [2.24, 2.45) is 34.5 Å². The Morgan fingerprint density at radius 1 is 0.762 bits per heavy atom. The molecular formula is C18H30O3. The highest BCUT2D eigenvalue weighted by atomic mass is 16.6. The molecule has 0 amide bonds. The second-order valence-electron chi connectivity index (χ2n) is 8.44. The summed E-state index contributed by atoms with van der Waals surface area (Å²) < 4.78 is 5.31. The van der Waals surface area contributed by atoms with Crippen LogP contribution in [0.2, 0.25) is 0 Å². The maximum Gasteiger partial charge on any atom is 0.317 e. The Morgan fingerprint density at radius 3 is 1.33 bits per heavy atom. The summed E-state index contributed by atoms with van der Waals surface area (Å²) in [5, 5.41) is 0. The van der Waals surface area contributed by atoms with Crippen LogP contribution in [0.5, 0.6) is 0 Å². The minimum Gasteiger partial charge on any atom is -0.393 e. The van der Waals surface area contributed by atoms with Gasteiger partial charge < -0.3 is 4.74 Å². The zero-order valence-corrected chi connectivity index (χ0v) is 14.4. The quantitative estimate of drug-likeness (QED) is 0.566. The van der Waals surface area contributed by atoms with E-state index < -0.39 is 0 Å². The zero-order valence-electron chi connectivity index (χ0n) is 14.4. The molecule has 3 heteroatoms. The van der Waals surface area contributed by atoms with E-state index in [2.05, 4.69) is 41.5 Å². The Labute approximate surface area is 128 Å². The highest BCUT2D eigenvalue weighted by molar-refractivity contribution is 5.89. The molecule has 0 aliphatic heterocycles. The molecule has 21 heavy (non-hydrogen) atoms. The van der Waals surface area contributed by atoms with Gasteiger partial charge in [-0.3, -0.25) is 9.59 Å². The van der Waals surface area contributed by atoms with Crippen LogP contribution in [0.25, 0.3) is 0 Å². The summed E-state index contributed by atoms with van der Waals surface area (Å²) in [6.45, 7) is 12.8. The molecule has 2 saturated carbocycles. The maximum absolute atomic E-state index is 12.4. The minimum atomic E-state index is -0.301. The van der Waals surface area contributed by atoms with Crippen molar-refractivity contribution >= 4 is 11.9 Å². The molecule has 4 unspecified atom stereocenters. The summed E-state index contributed by atoms with van der Waals surface area (Å²) in [5.41, 5.74) is -0.147. The number of carbonyl (C=O) groups is 2. The van der Waals surface area contributed by atoms with Crippen LogP contribution in [0, 0.1) is 34.5 Å². The van der Waals surface area contributed by atoms with Crippen molar-refractivity contribution < 1.29 is 14.3 Å². The number of hydrogen-bond donors (Lipinski definition) is 0.